The van der Waals surface area contributed by atoms with Crippen LogP contribution in [-0.2, 0) is 11.3 Å². The van der Waals surface area contributed by atoms with Gasteiger partial charge in [-0.3, -0.25) is 4.79 Å². The molecule has 0 aliphatic rings. The molecule has 1 rings (SSSR count). The minimum atomic E-state index is -0.833. The molecule has 4 nitrogen and oxygen atoms in total. The third kappa shape index (κ3) is 8.35. The second-order valence-electron chi connectivity index (χ2n) is 4.45. The van der Waals surface area contributed by atoms with Crippen LogP contribution < -0.4 is 6.15 Å². The number of hydrogen-bond acceptors (Lipinski definition) is 2. The average molecular weight is 269 g/mol. The molecule has 0 bridgehead atoms. The van der Waals surface area contributed by atoms with E-state index in [1.54, 1.807) is 0 Å². The maximum Gasteiger partial charge on any atom is 0.300 e. The van der Waals surface area contributed by atoms with Crippen LogP contribution in [0.1, 0.15) is 33.3 Å². The molecular formula is C15H29N2O2+. The first-order valence-corrected chi connectivity index (χ1v) is 6.58. The SMILES string of the molecule is CC(=O)O.CC[N+](CC)(CC)Cc1ccccc1.N. The molecule has 4 N–H and O–H groups in total. The maximum absolute atomic E-state index is 9.00. The lowest BCUT2D eigenvalue weighted by molar-refractivity contribution is -0.936. The van der Waals surface area contributed by atoms with Crippen LogP contribution in [0, 0.1) is 0 Å². The fraction of sp³-hybridized carbons (Fsp3) is 0.533. The number of quaternary nitrogens is 1. The van der Waals surface area contributed by atoms with Crippen LogP contribution in [0.5, 0.6) is 0 Å². The fourth-order valence-corrected chi connectivity index (χ4v) is 1.98. The minimum absolute atomic E-state index is 0. The molecule has 0 spiro atoms. The second-order valence-corrected chi connectivity index (χ2v) is 4.45. The van der Waals surface area contributed by atoms with Gasteiger partial charge in [-0.25, -0.2) is 0 Å². The Hall–Kier alpha value is -1.39. The summed E-state index contributed by atoms with van der Waals surface area (Å²) >= 11 is 0. The summed E-state index contributed by atoms with van der Waals surface area (Å²) in [4.78, 5) is 9.00. The molecule has 1 aromatic carbocycles. The molecule has 0 aromatic heterocycles. The number of benzene rings is 1. The molecule has 0 atom stereocenters. The summed E-state index contributed by atoms with van der Waals surface area (Å²) in [6.45, 7) is 12.8. The summed E-state index contributed by atoms with van der Waals surface area (Å²) in [5.74, 6) is -0.833. The number of nitrogens with zero attached hydrogens (tertiary/aromatic N) is 1. The van der Waals surface area contributed by atoms with Gasteiger partial charge in [0.2, 0.25) is 0 Å². The normalized spacial score (nSPS) is 9.89. The van der Waals surface area contributed by atoms with E-state index in [0.29, 0.717) is 0 Å². The van der Waals surface area contributed by atoms with Crippen molar-refractivity contribution in [2.24, 2.45) is 0 Å². The lowest BCUT2D eigenvalue weighted by atomic mass is 10.2. The largest absolute Gasteiger partial charge is 0.481 e. The van der Waals surface area contributed by atoms with Crippen molar-refractivity contribution in [2.45, 2.75) is 34.2 Å². The zero-order valence-electron chi connectivity index (χ0n) is 12.7. The van der Waals surface area contributed by atoms with Gasteiger partial charge in [0.15, 0.2) is 0 Å². The molecule has 110 valence electrons. The highest BCUT2D eigenvalue weighted by molar-refractivity contribution is 5.62. The van der Waals surface area contributed by atoms with Gasteiger partial charge in [-0.05, 0) is 20.8 Å². The van der Waals surface area contributed by atoms with Crippen molar-refractivity contribution in [1.29, 1.82) is 0 Å². The molecule has 4 heteroatoms. The van der Waals surface area contributed by atoms with Gasteiger partial charge in [0.05, 0.1) is 19.6 Å². The molecule has 0 radical (unpaired) electrons. The lowest BCUT2D eigenvalue weighted by Crippen LogP contribution is -2.46. The highest BCUT2D eigenvalue weighted by Crippen LogP contribution is 2.13. The monoisotopic (exact) mass is 269 g/mol. The summed E-state index contributed by atoms with van der Waals surface area (Å²) in [5, 5.41) is 7.42. The number of hydrogen-bond donors (Lipinski definition) is 2. The van der Waals surface area contributed by atoms with E-state index in [9.17, 15) is 0 Å². The Labute approximate surface area is 117 Å². The van der Waals surface area contributed by atoms with E-state index < -0.39 is 5.97 Å². The zero-order valence-corrected chi connectivity index (χ0v) is 12.7. The average Bonchev–Trinajstić information content (AvgIpc) is 2.37. The van der Waals surface area contributed by atoms with E-state index in [0.717, 1.165) is 6.92 Å². The van der Waals surface area contributed by atoms with Gasteiger partial charge in [-0.15, -0.1) is 0 Å². The number of rotatable bonds is 5. The standard InChI is InChI=1S/C13H22N.C2H4O2.H3N/c1-4-14(5-2,6-3)12-13-10-8-7-9-11-13;1-2(3)4;/h7-11H,4-6,12H2,1-3H3;1H3,(H,3,4);1H3/q+1;;. The number of carboxylic acids is 1. The van der Waals surface area contributed by atoms with Gasteiger partial charge < -0.3 is 15.7 Å². The molecule has 0 aliphatic carbocycles. The first-order valence-electron chi connectivity index (χ1n) is 6.58. The quantitative estimate of drug-likeness (QED) is 0.805. The molecule has 19 heavy (non-hydrogen) atoms. The molecular weight excluding hydrogens is 240 g/mol. The Balaban J connectivity index is 0. The predicted molar refractivity (Wildman–Crippen MR) is 80.4 cm³/mol. The van der Waals surface area contributed by atoms with Crippen LogP contribution in [0.15, 0.2) is 30.3 Å². The van der Waals surface area contributed by atoms with Crippen molar-refractivity contribution < 1.29 is 14.4 Å². The lowest BCUT2D eigenvalue weighted by Gasteiger charge is -2.35. The molecule has 0 saturated carbocycles. The van der Waals surface area contributed by atoms with Crippen LogP contribution >= 0.6 is 0 Å². The molecule has 0 fully saturated rings. The summed E-state index contributed by atoms with van der Waals surface area (Å²) in [7, 11) is 0. The van der Waals surface area contributed by atoms with Crippen molar-refractivity contribution >= 4 is 5.97 Å². The zero-order chi connectivity index (χ0) is 14.0. The Morgan fingerprint density at radius 3 is 1.74 bits per heavy atom. The highest BCUT2D eigenvalue weighted by atomic mass is 16.4. The first kappa shape index (κ1) is 19.9. The predicted octanol–water partition coefficient (Wildman–Crippen LogP) is 3.32. The molecule has 0 amide bonds. The maximum atomic E-state index is 9.00. The van der Waals surface area contributed by atoms with Gasteiger partial charge in [-0.1, -0.05) is 30.3 Å². The molecule has 0 unspecified atom stereocenters. The van der Waals surface area contributed by atoms with Gasteiger partial charge in [0.25, 0.3) is 5.97 Å². The summed E-state index contributed by atoms with van der Waals surface area (Å²) in [6, 6.07) is 10.8. The van der Waals surface area contributed by atoms with Gasteiger partial charge in [-0.2, -0.15) is 0 Å². The van der Waals surface area contributed by atoms with Crippen LogP contribution in [0.25, 0.3) is 0 Å². The molecule has 0 saturated heterocycles. The van der Waals surface area contributed by atoms with Gasteiger partial charge >= 0.3 is 0 Å². The van der Waals surface area contributed by atoms with E-state index >= 15 is 0 Å². The topological polar surface area (TPSA) is 72.3 Å². The number of carbonyl (C=O) groups is 1. The molecule has 1 aromatic rings. The highest BCUT2D eigenvalue weighted by Gasteiger charge is 2.20. The van der Waals surface area contributed by atoms with Crippen LogP contribution in [0.2, 0.25) is 0 Å². The fourth-order valence-electron chi connectivity index (χ4n) is 1.98. The minimum Gasteiger partial charge on any atom is -0.481 e. The molecule has 0 heterocycles. The molecule has 0 aliphatic heterocycles. The van der Waals surface area contributed by atoms with E-state index in [4.69, 9.17) is 9.90 Å². The van der Waals surface area contributed by atoms with E-state index in [1.165, 1.54) is 36.2 Å². The van der Waals surface area contributed by atoms with Crippen molar-refractivity contribution in [3.63, 3.8) is 0 Å². The van der Waals surface area contributed by atoms with Gasteiger partial charge in [0, 0.05) is 12.5 Å². The van der Waals surface area contributed by atoms with Crippen LogP contribution in [0.4, 0.5) is 0 Å². The Kier molecular flexibility index (Phi) is 11.0. The number of aliphatic carboxylic acids is 1. The Morgan fingerprint density at radius 2 is 1.42 bits per heavy atom. The summed E-state index contributed by atoms with van der Waals surface area (Å²) < 4.78 is 1.20. The van der Waals surface area contributed by atoms with Crippen molar-refractivity contribution in [1.82, 2.24) is 6.15 Å². The van der Waals surface area contributed by atoms with E-state index in [1.807, 2.05) is 0 Å². The summed E-state index contributed by atoms with van der Waals surface area (Å²) in [5.41, 5.74) is 1.46. The Bertz CT molecular complexity index is 323. The van der Waals surface area contributed by atoms with Crippen LogP contribution in [0.3, 0.4) is 0 Å². The van der Waals surface area contributed by atoms with Crippen molar-refractivity contribution in [2.75, 3.05) is 19.6 Å². The van der Waals surface area contributed by atoms with Crippen LogP contribution in [-0.4, -0.2) is 35.2 Å². The second kappa shape index (κ2) is 10.5. The van der Waals surface area contributed by atoms with Crippen molar-refractivity contribution in [3.05, 3.63) is 35.9 Å². The third-order valence-electron chi connectivity index (χ3n) is 3.37. The smallest absolute Gasteiger partial charge is 0.300 e. The summed E-state index contributed by atoms with van der Waals surface area (Å²) in [6.07, 6.45) is 0. The Morgan fingerprint density at radius 1 is 1.05 bits per heavy atom. The van der Waals surface area contributed by atoms with Crippen molar-refractivity contribution in [3.8, 4) is 0 Å². The van der Waals surface area contributed by atoms with E-state index in [2.05, 4.69) is 51.1 Å². The first-order chi connectivity index (χ1) is 8.49. The number of carboxylic acid groups (broad SMARTS) is 1. The third-order valence-corrected chi connectivity index (χ3v) is 3.37. The van der Waals surface area contributed by atoms with E-state index in [-0.39, 0.29) is 6.15 Å². The van der Waals surface area contributed by atoms with Gasteiger partial charge in [0.1, 0.15) is 6.54 Å².